The van der Waals surface area contributed by atoms with Crippen LogP contribution in [-0.2, 0) is 22.2 Å². The predicted octanol–water partition coefficient (Wildman–Crippen LogP) is 2.96. The molecule has 0 aromatic heterocycles. The van der Waals surface area contributed by atoms with Gasteiger partial charge in [-0.3, -0.25) is 9.80 Å². The standard InChI is InChI=1S/C25H35N3O4S/c1-19-16-27(17-20(2)26(19)3)24(22-8-6-5-7-9-22)14-15-28(33(30)31)18-21-10-12-23(13-11-21)25(29)32-4/h5-13,19-20,24,33H,14-18H2,1-4H3/t19-,20+,24?. The van der Waals surface area contributed by atoms with Crippen molar-refractivity contribution in [2.24, 2.45) is 0 Å². The van der Waals surface area contributed by atoms with E-state index in [9.17, 15) is 13.2 Å². The van der Waals surface area contributed by atoms with Crippen molar-refractivity contribution in [1.82, 2.24) is 14.1 Å². The Morgan fingerprint density at radius 3 is 2.21 bits per heavy atom. The Bertz CT molecular complexity index is 961. The molecule has 8 heteroatoms. The molecule has 0 bridgehead atoms. The maximum absolute atomic E-state index is 12.1. The van der Waals surface area contributed by atoms with E-state index in [2.05, 4.69) is 42.8 Å². The summed E-state index contributed by atoms with van der Waals surface area (Å²) in [5.74, 6) is -0.408. The third-order valence-corrected chi connectivity index (χ3v) is 7.45. The van der Waals surface area contributed by atoms with E-state index in [4.69, 9.17) is 4.74 Å². The van der Waals surface area contributed by atoms with Crippen molar-refractivity contribution in [3.63, 3.8) is 0 Å². The SMILES string of the molecule is COC(=O)c1ccc(CN(CCC(c2ccccc2)N2C[C@@H](C)N(C)[C@@H](C)C2)[SH](=O)=O)cc1. The van der Waals surface area contributed by atoms with Crippen LogP contribution < -0.4 is 0 Å². The van der Waals surface area contributed by atoms with Crippen LogP contribution in [0.3, 0.4) is 0 Å². The van der Waals surface area contributed by atoms with E-state index < -0.39 is 16.9 Å². The molecule has 0 saturated carbocycles. The summed E-state index contributed by atoms with van der Waals surface area (Å²) in [6, 6.07) is 18.2. The summed E-state index contributed by atoms with van der Waals surface area (Å²) in [4.78, 5) is 16.5. The van der Waals surface area contributed by atoms with Gasteiger partial charge in [0.25, 0.3) is 0 Å². The molecule has 0 amide bonds. The molecule has 1 aliphatic heterocycles. The minimum absolute atomic E-state index is 0.143. The Morgan fingerprint density at radius 2 is 1.67 bits per heavy atom. The average molecular weight is 474 g/mol. The highest BCUT2D eigenvalue weighted by atomic mass is 32.2. The van der Waals surface area contributed by atoms with Gasteiger partial charge in [-0.15, -0.1) is 0 Å². The highest BCUT2D eigenvalue weighted by Gasteiger charge is 2.31. The molecule has 1 fully saturated rings. The summed E-state index contributed by atoms with van der Waals surface area (Å²) in [5, 5.41) is 0. The minimum Gasteiger partial charge on any atom is -0.465 e. The van der Waals surface area contributed by atoms with E-state index in [0.717, 1.165) is 18.7 Å². The first-order valence-electron chi connectivity index (χ1n) is 11.4. The molecule has 1 heterocycles. The number of likely N-dealkylation sites (N-methyl/N-ethyl adjacent to an activating group) is 1. The molecule has 1 aliphatic rings. The third kappa shape index (κ3) is 6.63. The second-order valence-electron chi connectivity index (χ2n) is 8.85. The number of rotatable bonds is 9. The van der Waals surface area contributed by atoms with Crippen molar-refractivity contribution in [3.8, 4) is 0 Å². The van der Waals surface area contributed by atoms with Crippen LogP contribution in [0.5, 0.6) is 0 Å². The van der Waals surface area contributed by atoms with Crippen LogP contribution >= 0.6 is 0 Å². The topological polar surface area (TPSA) is 70.2 Å². The summed E-state index contributed by atoms with van der Waals surface area (Å²) < 4.78 is 30.3. The number of esters is 1. The molecule has 7 nitrogen and oxygen atoms in total. The molecule has 0 radical (unpaired) electrons. The summed E-state index contributed by atoms with van der Waals surface area (Å²) in [6.07, 6.45) is 0.705. The van der Waals surface area contributed by atoms with Crippen molar-refractivity contribution >= 4 is 16.9 Å². The fourth-order valence-corrected chi connectivity index (χ4v) is 5.06. The van der Waals surface area contributed by atoms with Gasteiger partial charge in [0.15, 0.2) is 0 Å². The molecular weight excluding hydrogens is 438 g/mol. The number of thiol groups is 1. The Balaban J connectivity index is 1.74. The van der Waals surface area contributed by atoms with E-state index in [1.54, 1.807) is 24.3 Å². The fraction of sp³-hybridized carbons (Fsp3) is 0.480. The van der Waals surface area contributed by atoms with E-state index in [0.29, 0.717) is 30.6 Å². The van der Waals surface area contributed by atoms with Crippen LogP contribution in [-0.4, -0.2) is 74.4 Å². The maximum Gasteiger partial charge on any atom is 0.337 e. The molecule has 180 valence electrons. The third-order valence-electron chi connectivity index (χ3n) is 6.64. The maximum atomic E-state index is 12.1. The molecule has 0 aliphatic carbocycles. The summed E-state index contributed by atoms with van der Waals surface area (Å²) in [6.45, 7) is 7.06. The number of methoxy groups -OCH3 is 1. The highest BCUT2D eigenvalue weighted by Crippen LogP contribution is 2.29. The van der Waals surface area contributed by atoms with Crippen molar-refractivity contribution in [3.05, 3.63) is 71.3 Å². The van der Waals surface area contributed by atoms with Gasteiger partial charge in [0.2, 0.25) is 10.9 Å². The Labute approximate surface area is 199 Å². The zero-order valence-corrected chi connectivity index (χ0v) is 20.8. The van der Waals surface area contributed by atoms with E-state index in [-0.39, 0.29) is 12.6 Å². The summed E-state index contributed by atoms with van der Waals surface area (Å²) >= 11 is 0. The largest absolute Gasteiger partial charge is 0.465 e. The molecule has 0 spiro atoms. The van der Waals surface area contributed by atoms with Crippen molar-refractivity contribution in [2.75, 3.05) is 33.8 Å². The molecule has 3 rings (SSSR count). The molecule has 1 unspecified atom stereocenters. The van der Waals surface area contributed by atoms with Crippen molar-refractivity contribution in [1.29, 1.82) is 0 Å². The van der Waals surface area contributed by atoms with E-state index in [1.165, 1.54) is 17.0 Å². The second-order valence-corrected chi connectivity index (χ2v) is 9.89. The summed E-state index contributed by atoms with van der Waals surface area (Å²) in [5.41, 5.74) is 2.49. The van der Waals surface area contributed by atoms with Crippen molar-refractivity contribution < 1.29 is 17.9 Å². The van der Waals surface area contributed by atoms with E-state index in [1.807, 2.05) is 18.2 Å². The number of carbonyl (C=O) groups excluding carboxylic acids is 1. The number of piperazine rings is 1. The first-order valence-corrected chi connectivity index (χ1v) is 12.5. The Hall–Kier alpha value is -2.26. The van der Waals surface area contributed by atoms with Gasteiger partial charge in [-0.25, -0.2) is 13.2 Å². The van der Waals surface area contributed by atoms with E-state index >= 15 is 0 Å². The molecule has 33 heavy (non-hydrogen) atoms. The first-order chi connectivity index (χ1) is 15.8. The predicted molar refractivity (Wildman–Crippen MR) is 131 cm³/mol. The second kappa shape index (κ2) is 11.7. The van der Waals surface area contributed by atoms with Gasteiger partial charge in [0.05, 0.1) is 12.7 Å². The van der Waals surface area contributed by atoms with Gasteiger partial charge in [0, 0.05) is 44.3 Å². The normalized spacial score (nSPS) is 20.8. The van der Waals surface area contributed by atoms with Crippen LogP contribution in [0.4, 0.5) is 0 Å². The number of hydrogen-bond acceptors (Lipinski definition) is 6. The van der Waals surface area contributed by atoms with Gasteiger partial charge >= 0.3 is 5.97 Å². The molecular formula is C25H35N3O4S. The van der Waals surface area contributed by atoms with Crippen molar-refractivity contribution in [2.45, 2.75) is 44.9 Å². The Kier molecular flexibility index (Phi) is 9.02. The lowest BCUT2D eigenvalue weighted by Gasteiger charge is -2.46. The van der Waals surface area contributed by atoms with Crippen LogP contribution in [0.1, 0.15) is 47.8 Å². The molecule has 3 atom stereocenters. The van der Waals surface area contributed by atoms with Gasteiger partial charge in [-0.1, -0.05) is 42.5 Å². The number of ether oxygens (including phenoxy) is 1. The molecule has 2 aromatic rings. The lowest BCUT2D eigenvalue weighted by atomic mass is 9.98. The molecule has 2 aromatic carbocycles. The quantitative estimate of drug-likeness (QED) is 0.446. The average Bonchev–Trinajstić information content (AvgIpc) is 2.82. The lowest BCUT2D eigenvalue weighted by molar-refractivity contribution is 0.0294. The van der Waals surface area contributed by atoms with Crippen LogP contribution in [0.25, 0.3) is 0 Å². The first kappa shape index (κ1) is 25.4. The fourth-order valence-electron chi connectivity index (χ4n) is 4.50. The van der Waals surface area contributed by atoms with Gasteiger partial charge in [0.1, 0.15) is 0 Å². The van der Waals surface area contributed by atoms with Gasteiger partial charge < -0.3 is 4.74 Å². The van der Waals surface area contributed by atoms with Crippen LogP contribution in [0.15, 0.2) is 54.6 Å². The highest BCUT2D eigenvalue weighted by molar-refractivity contribution is 7.69. The zero-order chi connectivity index (χ0) is 24.0. The lowest BCUT2D eigenvalue weighted by Crippen LogP contribution is -2.55. The van der Waals surface area contributed by atoms with Gasteiger partial charge in [-0.2, -0.15) is 4.31 Å². The summed E-state index contributed by atoms with van der Waals surface area (Å²) in [7, 11) is 0.767. The number of carbonyl (C=O) groups is 1. The van der Waals surface area contributed by atoms with Crippen LogP contribution in [0.2, 0.25) is 0 Å². The Morgan fingerprint density at radius 1 is 1.06 bits per heavy atom. The monoisotopic (exact) mass is 473 g/mol. The van der Waals surface area contributed by atoms with Crippen LogP contribution in [0, 0.1) is 0 Å². The number of hydrogen-bond donors (Lipinski definition) is 1. The smallest absolute Gasteiger partial charge is 0.337 e. The molecule has 1 saturated heterocycles. The molecule has 0 N–H and O–H groups in total. The zero-order valence-electron chi connectivity index (χ0n) is 19.9. The minimum atomic E-state index is -2.74. The number of nitrogens with zero attached hydrogens (tertiary/aromatic N) is 3. The van der Waals surface area contributed by atoms with Gasteiger partial charge in [-0.05, 0) is 50.6 Å². The number of benzene rings is 2.